The number of ether oxygens (including phenoxy) is 1. The van der Waals surface area contributed by atoms with E-state index >= 15 is 0 Å². The summed E-state index contributed by atoms with van der Waals surface area (Å²) >= 11 is 0. The first-order valence-corrected chi connectivity index (χ1v) is 8.80. The molecule has 0 fully saturated rings. The first kappa shape index (κ1) is 16.6. The van der Waals surface area contributed by atoms with Crippen molar-refractivity contribution in [1.82, 2.24) is 19.2 Å². The van der Waals surface area contributed by atoms with Crippen molar-refractivity contribution < 1.29 is 17.9 Å². The number of carbonyl (C=O) groups excluding carboxylic acids is 1. The number of carbonyl (C=O) groups is 1. The molecule has 0 radical (unpaired) electrons. The highest BCUT2D eigenvalue weighted by molar-refractivity contribution is 7.89. The Bertz CT molecular complexity index is 875. The minimum Gasteiger partial charge on any atom is -0.383 e. The number of methoxy groups -OCH3 is 1. The van der Waals surface area contributed by atoms with Crippen LogP contribution in [0.25, 0.3) is 5.69 Å². The van der Waals surface area contributed by atoms with Crippen molar-refractivity contribution in [3.63, 3.8) is 0 Å². The van der Waals surface area contributed by atoms with Crippen molar-refractivity contribution in [1.29, 1.82) is 0 Å². The lowest BCUT2D eigenvalue weighted by Crippen LogP contribution is -2.30. The highest BCUT2D eigenvalue weighted by atomic mass is 32.2. The highest BCUT2D eigenvalue weighted by Gasteiger charge is 2.32. The summed E-state index contributed by atoms with van der Waals surface area (Å²) in [7, 11) is -0.590. The first-order chi connectivity index (χ1) is 11.5. The van der Waals surface area contributed by atoms with Crippen molar-refractivity contribution in [2.24, 2.45) is 0 Å². The quantitative estimate of drug-likeness (QED) is 0.805. The maximum absolute atomic E-state index is 12.7. The number of benzene rings is 1. The molecule has 0 bridgehead atoms. The Morgan fingerprint density at radius 2 is 2.12 bits per heavy atom. The van der Waals surface area contributed by atoms with Crippen LogP contribution in [0.3, 0.4) is 0 Å². The molecular formula is C15H18N4O4S. The largest absolute Gasteiger partial charge is 0.383 e. The predicted molar refractivity (Wildman–Crippen MR) is 86.4 cm³/mol. The monoisotopic (exact) mass is 350 g/mol. The summed E-state index contributed by atoms with van der Waals surface area (Å²) in [6, 6.07) is 6.67. The van der Waals surface area contributed by atoms with Gasteiger partial charge in [-0.15, -0.1) is 0 Å². The van der Waals surface area contributed by atoms with Crippen molar-refractivity contribution in [3.8, 4) is 5.69 Å². The smallest absolute Gasteiger partial charge is 0.271 e. The van der Waals surface area contributed by atoms with E-state index in [-0.39, 0.29) is 23.0 Å². The molecule has 1 aromatic heterocycles. The fourth-order valence-electron chi connectivity index (χ4n) is 2.61. The Hall–Kier alpha value is -2.23. The minimum atomic E-state index is -3.63. The number of imidazole rings is 1. The Morgan fingerprint density at radius 3 is 2.88 bits per heavy atom. The van der Waals surface area contributed by atoms with Crippen molar-refractivity contribution in [2.75, 3.05) is 27.3 Å². The minimum absolute atomic E-state index is 0.0596. The lowest BCUT2D eigenvalue weighted by molar-refractivity contribution is 0.0931. The van der Waals surface area contributed by atoms with E-state index < -0.39 is 10.0 Å². The molecule has 1 N–H and O–H groups in total. The molecule has 8 nitrogen and oxygen atoms in total. The normalized spacial score (nSPS) is 16.1. The van der Waals surface area contributed by atoms with Crippen molar-refractivity contribution in [3.05, 3.63) is 42.0 Å². The molecular weight excluding hydrogens is 332 g/mol. The summed E-state index contributed by atoms with van der Waals surface area (Å²) in [5.41, 5.74) is 1.23. The zero-order valence-electron chi connectivity index (χ0n) is 13.4. The third-order valence-electron chi connectivity index (χ3n) is 3.86. The molecule has 3 rings (SSSR count). The molecule has 0 spiro atoms. The molecule has 2 heterocycles. The van der Waals surface area contributed by atoms with Crippen LogP contribution in [0, 0.1) is 0 Å². The van der Waals surface area contributed by atoms with Crippen LogP contribution >= 0.6 is 0 Å². The second kappa shape index (κ2) is 6.34. The number of nitrogens with zero attached hydrogens (tertiary/aromatic N) is 3. The van der Waals surface area contributed by atoms with Gasteiger partial charge < -0.3 is 10.1 Å². The number of sulfonamides is 1. The predicted octanol–water partition coefficient (Wildman–Crippen LogP) is 0.383. The van der Waals surface area contributed by atoms with Crippen LogP contribution in [0.4, 0.5) is 0 Å². The van der Waals surface area contributed by atoms with Crippen LogP contribution in [0.1, 0.15) is 16.2 Å². The van der Waals surface area contributed by atoms with Crippen LogP contribution in [0.5, 0.6) is 0 Å². The summed E-state index contributed by atoms with van der Waals surface area (Å²) in [6.45, 7) is 0.801. The van der Waals surface area contributed by atoms with E-state index in [2.05, 4.69) is 10.3 Å². The molecule has 24 heavy (non-hydrogen) atoms. The maximum Gasteiger partial charge on any atom is 0.271 e. The van der Waals surface area contributed by atoms with E-state index in [0.717, 1.165) is 0 Å². The molecule has 9 heteroatoms. The second-order valence-corrected chi connectivity index (χ2v) is 7.40. The van der Waals surface area contributed by atoms with Gasteiger partial charge in [-0.3, -0.25) is 9.36 Å². The van der Waals surface area contributed by atoms with E-state index in [1.165, 1.54) is 17.7 Å². The molecule has 2 aromatic rings. The van der Waals surface area contributed by atoms with E-state index in [1.807, 2.05) is 0 Å². The van der Waals surface area contributed by atoms with Crippen LogP contribution in [0.2, 0.25) is 0 Å². The zero-order valence-corrected chi connectivity index (χ0v) is 14.2. The average molecular weight is 350 g/mol. The van der Waals surface area contributed by atoms with Crippen LogP contribution in [-0.4, -0.2) is 55.5 Å². The molecule has 1 aliphatic heterocycles. The zero-order chi connectivity index (χ0) is 17.3. The van der Waals surface area contributed by atoms with Crippen molar-refractivity contribution >= 4 is 15.9 Å². The molecule has 1 aliphatic rings. The fourth-order valence-corrected chi connectivity index (χ4v) is 3.92. The Labute approximate surface area is 140 Å². The van der Waals surface area contributed by atoms with Gasteiger partial charge in [0.1, 0.15) is 11.2 Å². The van der Waals surface area contributed by atoms with Gasteiger partial charge in [0.2, 0.25) is 10.0 Å². The van der Waals surface area contributed by atoms with Crippen LogP contribution in [0.15, 0.2) is 35.5 Å². The molecule has 1 amide bonds. The Kier molecular flexibility index (Phi) is 4.39. The number of hydrogen-bond acceptors (Lipinski definition) is 5. The fraction of sp³-hybridized carbons (Fsp3) is 0.333. The second-order valence-electron chi connectivity index (χ2n) is 5.39. The number of rotatable bonds is 4. The Balaban J connectivity index is 2.07. The molecule has 128 valence electrons. The van der Waals surface area contributed by atoms with E-state index in [4.69, 9.17) is 4.74 Å². The molecule has 0 unspecified atom stereocenters. The number of amides is 1. The van der Waals surface area contributed by atoms with Gasteiger partial charge in [-0.25, -0.2) is 13.4 Å². The number of nitrogens with one attached hydrogen (secondary N) is 1. The van der Waals surface area contributed by atoms with Gasteiger partial charge >= 0.3 is 0 Å². The molecule has 0 saturated carbocycles. The first-order valence-electron chi connectivity index (χ1n) is 7.36. The van der Waals surface area contributed by atoms with Gasteiger partial charge in [0, 0.05) is 20.7 Å². The summed E-state index contributed by atoms with van der Waals surface area (Å²) in [5, 5.41) is 2.71. The summed E-state index contributed by atoms with van der Waals surface area (Å²) in [5.74, 6) is -0.356. The molecule has 0 aliphatic carbocycles. The SMILES string of the molecule is COCCNC(=O)c1ncn2c1CN(C)S(=O)(=O)c1ccccc1-2. The van der Waals surface area contributed by atoms with Gasteiger partial charge in [0.15, 0.2) is 5.69 Å². The Morgan fingerprint density at radius 1 is 1.38 bits per heavy atom. The lowest BCUT2D eigenvalue weighted by Gasteiger charge is -2.14. The van der Waals surface area contributed by atoms with Gasteiger partial charge in [-0.05, 0) is 12.1 Å². The number of hydrogen-bond donors (Lipinski definition) is 1. The third kappa shape index (κ3) is 2.70. The van der Waals surface area contributed by atoms with E-state index in [1.54, 1.807) is 35.9 Å². The standard InChI is InChI=1S/C15H18N4O4S/c1-18-9-12-14(15(20)16-7-8-23-2)17-10-19(12)11-5-3-4-6-13(11)24(18,21)22/h3-6,10H,7-9H2,1-2H3,(H,16,20). The summed E-state index contributed by atoms with van der Waals surface area (Å²) in [4.78, 5) is 16.7. The molecule has 1 aromatic carbocycles. The summed E-state index contributed by atoms with van der Waals surface area (Å²) in [6.07, 6.45) is 1.48. The van der Waals surface area contributed by atoms with Crippen molar-refractivity contribution in [2.45, 2.75) is 11.4 Å². The third-order valence-corrected chi connectivity index (χ3v) is 5.71. The topological polar surface area (TPSA) is 93.5 Å². The maximum atomic E-state index is 12.7. The molecule has 0 atom stereocenters. The lowest BCUT2D eigenvalue weighted by atomic mass is 10.2. The van der Waals surface area contributed by atoms with Gasteiger partial charge in [-0.1, -0.05) is 12.1 Å². The van der Waals surface area contributed by atoms with Crippen LogP contribution in [-0.2, 0) is 21.3 Å². The van der Waals surface area contributed by atoms with E-state index in [9.17, 15) is 13.2 Å². The van der Waals surface area contributed by atoms with Gasteiger partial charge in [0.25, 0.3) is 5.91 Å². The number of para-hydroxylation sites is 1. The molecule has 0 saturated heterocycles. The van der Waals surface area contributed by atoms with E-state index in [0.29, 0.717) is 24.5 Å². The van der Waals surface area contributed by atoms with Gasteiger partial charge in [-0.2, -0.15) is 4.31 Å². The number of fused-ring (bicyclic) bond motifs is 3. The van der Waals surface area contributed by atoms with Gasteiger partial charge in [0.05, 0.1) is 24.5 Å². The average Bonchev–Trinajstić information content (AvgIpc) is 2.95. The van der Waals surface area contributed by atoms with Crippen LogP contribution < -0.4 is 5.32 Å². The summed E-state index contributed by atoms with van der Waals surface area (Å²) < 4.78 is 33.1. The highest BCUT2D eigenvalue weighted by Crippen LogP contribution is 2.30. The number of aromatic nitrogens is 2.